The fraction of sp³-hybridized carbons (Fsp3) is 0.300. The zero-order chi connectivity index (χ0) is 10.7. The molecule has 4 heteroatoms. The lowest BCUT2D eigenvalue weighted by Gasteiger charge is -2.10. The van der Waals surface area contributed by atoms with E-state index in [0.717, 1.165) is 0 Å². The SMILES string of the molecule is CC(CO)c1ccc(C(=O)O)cc1O. The summed E-state index contributed by atoms with van der Waals surface area (Å²) < 4.78 is 0. The molecule has 0 bridgehead atoms. The number of hydrogen-bond acceptors (Lipinski definition) is 3. The van der Waals surface area contributed by atoms with Gasteiger partial charge in [0.1, 0.15) is 5.75 Å². The summed E-state index contributed by atoms with van der Waals surface area (Å²) >= 11 is 0. The number of carboxylic acids is 1. The van der Waals surface area contributed by atoms with E-state index in [4.69, 9.17) is 10.2 Å². The lowest BCUT2D eigenvalue weighted by Crippen LogP contribution is -2.01. The molecule has 0 fully saturated rings. The molecule has 1 aromatic rings. The molecule has 0 amide bonds. The largest absolute Gasteiger partial charge is 0.508 e. The van der Waals surface area contributed by atoms with Gasteiger partial charge in [0.05, 0.1) is 5.56 Å². The number of aliphatic hydroxyl groups is 1. The predicted molar refractivity (Wildman–Crippen MR) is 50.6 cm³/mol. The van der Waals surface area contributed by atoms with E-state index in [9.17, 15) is 9.90 Å². The number of hydrogen-bond donors (Lipinski definition) is 3. The predicted octanol–water partition coefficient (Wildman–Crippen LogP) is 1.19. The van der Waals surface area contributed by atoms with Crippen LogP contribution < -0.4 is 0 Å². The fourth-order valence-electron chi connectivity index (χ4n) is 1.19. The van der Waals surface area contributed by atoms with Crippen molar-refractivity contribution in [2.45, 2.75) is 12.8 Å². The molecule has 0 aliphatic heterocycles. The van der Waals surface area contributed by atoms with Crippen molar-refractivity contribution in [1.29, 1.82) is 0 Å². The quantitative estimate of drug-likeness (QED) is 0.678. The number of benzene rings is 1. The lowest BCUT2D eigenvalue weighted by atomic mass is 9.99. The van der Waals surface area contributed by atoms with E-state index >= 15 is 0 Å². The molecule has 76 valence electrons. The van der Waals surface area contributed by atoms with Gasteiger partial charge >= 0.3 is 5.97 Å². The summed E-state index contributed by atoms with van der Waals surface area (Å²) in [6.45, 7) is 1.66. The van der Waals surface area contributed by atoms with Crippen molar-refractivity contribution in [2.24, 2.45) is 0 Å². The summed E-state index contributed by atoms with van der Waals surface area (Å²) in [6.07, 6.45) is 0. The Morgan fingerprint density at radius 1 is 1.50 bits per heavy atom. The average molecular weight is 196 g/mol. The van der Waals surface area contributed by atoms with Crippen molar-refractivity contribution in [3.05, 3.63) is 29.3 Å². The smallest absolute Gasteiger partial charge is 0.335 e. The lowest BCUT2D eigenvalue weighted by molar-refractivity contribution is 0.0696. The number of carbonyl (C=O) groups is 1. The van der Waals surface area contributed by atoms with E-state index in [2.05, 4.69) is 0 Å². The van der Waals surface area contributed by atoms with E-state index in [1.165, 1.54) is 18.2 Å². The first-order valence-corrected chi connectivity index (χ1v) is 4.23. The van der Waals surface area contributed by atoms with Crippen LogP contribution in [-0.4, -0.2) is 27.9 Å². The highest BCUT2D eigenvalue weighted by molar-refractivity contribution is 5.88. The Morgan fingerprint density at radius 3 is 2.57 bits per heavy atom. The molecule has 0 heterocycles. The second-order valence-electron chi connectivity index (χ2n) is 3.16. The Labute approximate surface area is 81.4 Å². The number of aromatic hydroxyl groups is 1. The number of aliphatic hydroxyl groups excluding tert-OH is 1. The van der Waals surface area contributed by atoms with Gasteiger partial charge in [0, 0.05) is 12.5 Å². The van der Waals surface area contributed by atoms with Crippen LogP contribution >= 0.6 is 0 Å². The molecule has 0 aliphatic rings. The van der Waals surface area contributed by atoms with Crippen molar-refractivity contribution < 1.29 is 20.1 Å². The molecule has 0 spiro atoms. The molecule has 4 nitrogen and oxygen atoms in total. The molecule has 0 aromatic heterocycles. The molecule has 0 aliphatic carbocycles. The fourth-order valence-corrected chi connectivity index (χ4v) is 1.19. The van der Waals surface area contributed by atoms with Crippen molar-refractivity contribution >= 4 is 5.97 Å². The first-order valence-electron chi connectivity index (χ1n) is 4.23. The molecular formula is C10H12O4. The van der Waals surface area contributed by atoms with E-state index in [0.29, 0.717) is 5.56 Å². The monoisotopic (exact) mass is 196 g/mol. The van der Waals surface area contributed by atoms with Crippen LogP contribution in [0.25, 0.3) is 0 Å². The summed E-state index contributed by atoms with van der Waals surface area (Å²) in [5.41, 5.74) is 0.592. The minimum absolute atomic E-state index is 0.0383. The minimum atomic E-state index is -1.08. The Bertz CT molecular complexity index is 346. The maximum atomic E-state index is 10.5. The Morgan fingerprint density at radius 2 is 2.14 bits per heavy atom. The molecule has 0 radical (unpaired) electrons. The molecule has 0 saturated carbocycles. The van der Waals surface area contributed by atoms with Gasteiger partial charge in [-0.15, -0.1) is 0 Å². The van der Waals surface area contributed by atoms with Crippen molar-refractivity contribution in [3.63, 3.8) is 0 Å². The molecule has 3 N–H and O–H groups in total. The third-order valence-electron chi connectivity index (χ3n) is 2.08. The summed E-state index contributed by atoms with van der Waals surface area (Å²) in [7, 11) is 0. The van der Waals surface area contributed by atoms with Crippen LogP contribution in [-0.2, 0) is 0 Å². The van der Waals surface area contributed by atoms with Crippen LogP contribution in [0, 0.1) is 0 Å². The number of phenolic OH excluding ortho intramolecular Hbond substituents is 1. The second kappa shape index (κ2) is 4.11. The van der Waals surface area contributed by atoms with Crippen molar-refractivity contribution in [2.75, 3.05) is 6.61 Å². The first-order chi connectivity index (χ1) is 6.56. The number of phenols is 1. The number of rotatable bonds is 3. The van der Waals surface area contributed by atoms with E-state index < -0.39 is 5.97 Å². The Hall–Kier alpha value is -1.55. The zero-order valence-corrected chi connectivity index (χ0v) is 7.77. The van der Waals surface area contributed by atoms with Crippen LogP contribution in [0.15, 0.2) is 18.2 Å². The number of carboxylic acid groups (broad SMARTS) is 1. The van der Waals surface area contributed by atoms with Gasteiger partial charge in [-0.05, 0) is 17.7 Å². The molecule has 0 saturated heterocycles. The van der Waals surface area contributed by atoms with Gasteiger partial charge in [-0.2, -0.15) is 0 Å². The summed E-state index contributed by atoms with van der Waals surface area (Å²) in [6, 6.07) is 4.10. The van der Waals surface area contributed by atoms with Gasteiger partial charge in [-0.25, -0.2) is 4.79 Å². The highest BCUT2D eigenvalue weighted by Gasteiger charge is 2.11. The first kappa shape index (κ1) is 10.5. The van der Waals surface area contributed by atoms with E-state index in [1.54, 1.807) is 6.92 Å². The average Bonchev–Trinajstić information content (AvgIpc) is 2.16. The molecule has 1 unspecified atom stereocenters. The van der Waals surface area contributed by atoms with Crippen LogP contribution in [0.5, 0.6) is 5.75 Å². The second-order valence-corrected chi connectivity index (χ2v) is 3.16. The van der Waals surface area contributed by atoms with Gasteiger partial charge in [-0.3, -0.25) is 0 Å². The van der Waals surface area contributed by atoms with Gasteiger partial charge < -0.3 is 15.3 Å². The molecule has 14 heavy (non-hydrogen) atoms. The van der Waals surface area contributed by atoms with Gasteiger partial charge in [0.2, 0.25) is 0 Å². The normalized spacial score (nSPS) is 12.4. The molecule has 1 aromatic carbocycles. The summed E-state index contributed by atoms with van der Waals surface area (Å²) in [4.78, 5) is 10.5. The highest BCUT2D eigenvalue weighted by atomic mass is 16.4. The van der Waals surface area contributed by atoms with Gasteiger partial charge in [0.15, 0.2) is 0 Å². The molecule has 1 rings (SSSR count). The third-order valence-corrected chi connectivity index (χ3v) is 2.08. The summed E-state index contributed by atoms with van der Waals surface area (Å²) in [5, 5.41) is 27.0. The van der Waals surface area contributed by atoms with Crippen LogP contribution in [0.4, 0.5) is 0 Å². The van der Waals surface area contributed by atoms with Gasteiger partial charge in [-0.1, -0.05) is 13.0 Å². The van der Waals surface area contributed by atoms with Crippen LogP contribution in [0.3, 0.4) is 0 Å². The maximum absolute atomic E-state index is 10.5. The standard InChI is InChI=1S/C10H12O4/c1-6(5-11)8-3-2-7(10(13)14)4-9(8)12/h2-4,6,11-12H,5H2,1H3,(H,13,14). The summed E-state index contributed by atoms with van der Waals surface area (Å²) in [5.74, 6) is -1.37. The van der Waals surface area contributed by atoms with Gasteiger partial charge in [0.25, 0.3) is 0 Å². The van der Waals surface area contributed by atoms with Crippen molar-refractivity contribution in [1.82, 2.24) is 0 Å². The highest BCUT2D eigenvalue weighted by Crippen LogP contribution is 2.26. The Balaban J connectivity index is 3.07. The minimum Gasteiger partial charge on any atom is -0.508 e. The van der Waals surface area contributed by atoms with Crippen LogP contribution in [0.1, 0.15) is 28.8 Å². The topological polar surface area (TPSA) is 77.8 Å². The Kier molecular flexibility index (Phi) is 3.09. The van der Waals surface area contributed by atoms with Crippen molar-refractivity contribution in [3.8, 4) is 5.75 Å². The molecular weight excluding hydrogens is 184 g/mol. The molecule has 1 atom stereocenters. The van der Waals surface area contributed by atoms with E-state index in [-0.39, 0.29) is 23.8 Å². The zero-order valence-electron chi connectivity index (χ0n) is 7.77. The maximum Gasteiger partial charge on any atom is 0.335 e. The number of aromatic carboxylic acids is 1. The third kappa shape index (κ3) is 2.03. The van der Waals surface area contributed by atoms with Crippen LogP contribution in [0.2, 0.25) is 0 Å². The van der Waals surface area contributed by atoms with E-state index in [1.807, 2.05) is 0 Å².